The topological polar surface area (TPSA) is 26.3 Å². The average Bonchev–Trinajstić information content (AvgIpc) is 2.15. The summed E-state index contributed by atoms with van der Waals surface area (Å²) in [5, 5.41) is 0.490. The standard InChI is InChI=1S/C7H12O2S/c1-5-7(3-4-10-5)9-6(2)8/h5,7H,3-4H2,1-2H3/t5-,7-/m0/s1. The van der Waals surface area contributed by atoms with E-state index in [1.807, 2.05) is 11.8 Å². The maximum atomic E-state index is 10.5. The fourth-order valence-corrected chi connectivity index (χ4v) is 2.23. The van der Waals surface area contributed by atoms with Crippen molar-refractivity contribution in [3.05, 3.63) is 0 Å². The van der Waals surface area contributed by atoms with Gasteiger partial charge >= 0.3 is 5.97 Å². The van der Waals surface area contributed by atoms with Crippen molar-refractivity contribution < 1.29 is 9.53 Å². The number of rotatable bonds is 1. The van der Waals surface area contributed by atoms with E-state index in [0.717, 1.165) is 12.2 Å². The van der Waals surface area contributed by atoms with Crippen LogP contribution in [0.5, 0.6) is 0 Å². The van der Waals surface area contributed by atoms with Crippen molar-refractivity contribution in [2.75, 3.05) is 5.75 Å². The molecule has 58 valence electrons. The van der Waals surface area contributed by atoms with Crippen molar-refractivity contribution in [2.24, 2.45) is 0 Å². The molecule has 10 heavy (non-hydrogen) atoms. The summed E-state index contributed by atoms with van der Waals surface area (Å²) in [4.78, 5) is 10.5. The zero-order chi connectivity index (χ0) is 7.56. The van der Waals surface area contributed by atoms with Gasteiger partial charge in [0.05, 0.1) is 0 Å². The van der Waals surface area contributed by atoms with E-state index in [4.69, 9.17) is 4.74 Å². The van der Waals surface area contributed by atoms with Gasteiger partial charge in [-0.15, -0.1) is 0 Å². The minimum absolute atomic E-state index is 0.153. The fraction of sp³-hybridized carbons (Fsp3) is 0.857. The Balaban J connectivity index is 2.33. The van der Waals surface area contributed by atoms with Gasteiger partial charge in [-0.1, -0.05) is 0 Å². The molecule has 1 aliphatic heterocycles. The molecule has 1 fully saturated rings. The molecule has 0 aromatic carbocycles. The Kier molecular flexibility index (Phi) is 2.60. The number of carbonyl (C=O) groups is 1. The molecule has 0 spiro atoms. The molecule has 0 amide bonds. The Morgan fingerprint density at radius 3 is 2.80 bits per heavy atom. The normalized spacial score (nSPS) is 32.2. The quantitative estimate of drug-likeness (QED) is 0.543. The maximum Gasteiger partial charge on any atom is 0.302 e. The molecule has 0 aromatic heterocycles. The molecule has 2 atom stereocenters. The Morgan fingerprint density at radius 1 is 1.70 bits per heavy atom. The number of hydrogen-bond acceptors (Lipinski definition) is 3. The zero-order valence-corrected chi connectivity index (χ0v) is 7.11. The molecule has 0 radical (unpaired) electrons. The Labute approximate surface area is 65.3 Å². The fourth-order valence-electron chi connectivity index (χ4n) is 1.08. The van der Waals surface area contributed by atoms with Gasteiger partial charge in [0.2, 0.25) is 0 Å². The highest BCUT2D eigenvalue weighted by atomic mass is 32.2. The molecule has 1 heterocycles. The molecule has 0 bridgehead atoms. The van der Waals surface area contributed by atoms with Crippen molar-refractivity contribution in [1.82, 2.24) is 0 Å². The molecule has 1 aliphatic rings. The SMILES string of the molecule is CC(=O)O[C@H]1CCS[C@H]1C. The summed E-state index contributed by atoms with van der Waals surface area (Å²) >= 11 is 1.87. The first-order valence-corrected chi connectivity index (χ1v) is 4.54. The van der Waals surface area contributed by atoms with Gasteiger partial charge in [-0.05, 0) is 19.1 Å². The number of esters is 1. The van der Waals surface area contributed by atoms with Crippen LogP contribution in [0.3, 0.4) is 0 Å². The van der Waals surface area contributed by atoms with Crippen molar-refractivity contribution in [3.63, 3.8) is 0 Å². The van der Waals surface area contributed by atoms with Gasteiger partial charge in [-0.25, -0.2) is 0 Å². The largest absolute Gasteiger partial charge is 0.461 e. The van der Waals surface area contributed by atoms with Crippen LogP contribution in [-0.4, -0.2) is 23.1 Å². The van der Waals surface area contributed by atoms with Crippen LogP contribution in [-0.2, 0) is 9.53 Å². The van der Waals surface area contributed by atoms with Crippen molar-refractivity contribution in [1.29, 1.82) is 0 Å². The second kappa shape index (κ2) is 3.28. The van der Waals surface area contributed by atoms with Crippen LogP contribution in [0.25, 0.3) is 0 Å². The Hall–Kier alpha value is -0.180. The summed E-state index contributed by atoms with van der Waals surface area (Å²) in [6, 6.07) is 0. The summed E-state index contributed by atoms with van der Waals surface area (Å²) in [6.07, 6.45) is 1.19. The zero-order valence-electron chi connectivity index (χ0n) is 6.29. The van der Waals surface area contributed by atoms with Crippen LogP contribution in [0.2, 0.25) is 0 Å². The van der Waals surface area contributed by atoms with Gasteiger partial charge in [0.1, 0.15) is 6.10 Å². The first-order chi connectivity index (χ1) is 4.70. The molecule has 0 aliphatic carbocycles. The number of thioether (sulfide) groups is 1. The first kappa shape index (κ1) is 7.92. The van der Waals surface area contributed by atoms with Crippen LogP contribution in [0.4, 0.5) is 0 Å². The van der Waals surface area contributed by atoms with Gasteiger partial charge < -0.3 is 4.74 Å². The molecule has 0 unspecified atom stereocenters. The second-order valence-corrected chi connectivity index (χ2v) is 4.00. The molecular weight excluding hydrogens is 148 g/mol. The molecule has 0 saturated carbocycles. The van der Waals surface area contributed by atoms with Crippen molar-refractivity contribution in [3.8, 4) is 0 Å². The molecular formula is C7H12O2S. The van der Waals surface area contributed by atoms with E-state index in [1.54, 1.807) is 0 Å². The minimum atomic E-state index is -0.153. The van der Waals surface area contributed by atoms with Gasteiger partial charge in [0.15, 0.2) is 0 Å². The lowest BCUT2D eigenvalue weighted by Gasteiger charge is -2.13. The first-order valence-electron chi connectivity index (χ1n) is 3.49. The molecule has 0 N–H and O–H groups in total. The van der Waals surface area contributed by atoms with E-state index in [1.165, 1.54) is 6.92 Å². The lowest BCUT2D eigenvalue weighted by molar-refractivity contribution is -0.145. The van der Waals surface area contributed by atoms with E-state index >= 15 is 0 Å². The minimum Gasteiger partial charge on any atom is -0.461 e. The number of carbonyl (C=O) groups excluding carboxylic acids is 1. The predicted molar refractivity (Wildman–Crippen MR) is 42.1 cm³/mol. The highest BCUT2D eigenvalue weighted by Crippen LogP contribution is 2.28. The highest BCUT2D eigenvalue weighted by Gasteiger charge is 2.26. The molecule has 0 aromatic rings. The summed E-state index contributed by atoms with van der Waals surface area (Å²) in [6.45, 7) is 3.57. The number of hydrogen-bond donors (Lipinski definition) is 0. The smallest absolute Gasteiger partial charge is 0.302 e. The van der Waals surface area contributed by atoms with Crippen molar-refractivity contribution in [2.45, 2.75) is 31.6 Å². The average molecular weight is 160 g/mol. The van der Waals surface area contributed by atoms with E-state index in [-0.39, 0.29) is 12.1 Å². The third-order valence-electron chi connectivity index (χ3n) is 1.62. The van der Waals surface area contributed by atoms with Gasteiger partial charge in [0.25, 0.3) is 0 Å². The third kappa shape index (κ3) is 1.90. The van der Waals surface area contributed by atoms with Gasteiger partial charge in [-0.2, -0.15) is 11.8 Å². The van der Waals surface area contributed by atoms with Crippen LogP contribution >= 0.6 is 11.8 Å². The monoisotopic (exact) mass is 160 g/mol. The van der Waals surface area contributed by atoms with Crippen LogP contribution in [0.15, 0.2) is 0 Å². The predicted octanol–water partition coefficient (Wildman–Crippen LogP) is 1.44. The Morgan fingerprint density at radius 2 is 2.40 bits per heavy atom. The summed E-state index contributed by atoms with van der Waals surface area (Å²) < 4.78 is 5.06. The lowest BCUT2D eigenvalue weighted by Crippen LogP contribution is -2.21. The summed E-state index contributed by atoms with van der Waals surface area (Å²) in [7, 11) is 0. The number of ether oxygens (including phenoxy) is 1. The third-order valence-corrected chi connectivity index (χ3v) is 2.92. The van der Waals surface area contributed by atoms with E-state index in [2.05, 4.69) is 6.92 Å². The molecule has 2 nitrogen and oxygen atoms in total. The van der Waals surface area contributed by atoms with E-state index in [0.29, 0.717) is 5.25 Å². The maximum absolute atomic E-state index is 10.5. The van der Waals surface area contributed by atoms with E-state index < -0.39 is 0 Å². The van der Waals surface area contributed by atoms with Gasteiger partial charge in [0, 0.05) is 12.2 Å². The Bertz CT molecular complexity index is 136. The molecule has 1 rings (SSSR count). The van der Waals surface area contributed by atoms with Crippen LogP contribution in [0.1, 0.15) is 20.3 Å². The van der Waals surface area contributed by atoms with E-state index in [9.17, 15) is 4.79 Å². The van der Waals surface area contributed by atoms with Crippen molar-refractivity contribution >= 4 is 17.7 Å². The molecule has 3 heteroatoms. The lowest BCUT2D eigenvalue weighted by atomic mass is 10.2. The molecule has 1 saturated heterocycles. The summed E-state index contributed by atoms with van der Waals surface area (Å²) in [5.74, 6) is 0.971. The van der Waals surface area contributed by atoms with Crippen LogP contribution in [0, 0.1) is 0 Å². The summed E-state index contributed by atoms with van der Waals surface area (Å²) in [5.41, 5.74) is 0. The second-order valence-electron chi connectivity index (χ2n) is 2.51. The highest BCUT2D eigenvalue weighted by molar-refractivity contribution is 8.00. The van der Waals surface area contributed by atoms with Crippen LogP contribution < -0.4 is 0 Å². The van der Waals surface area contributed by atoms with Gasteiger partial charge in [-0.3, -0.25) is 4.79 Å².